The van der Waals surface area contributed by atoms with Crippen molar-refractivity contribution in [3.63, 3.8) is 0 Å². The third-order valence-corrected chi connectivity index (χ3v) is 4.56. The van der Waals surface area contributed by atoms with Crippen LogP contribution >= 0.6 is 22.6 Å². The molecule has 0 aromatic heterocycles. The van der Waals surface area contributed by atoms with Gasteiger partial charge in [0.1, 0.15) is 6.61 Å². The Morgan fingerprint density at radius 2 is 2.13 bits per heavy atom. The largest absolute Gasteiger partial charge is 0.447 e. The van der Waals surface area contributed by atoms with Crippen molar-refractivity contribution < 1.29 is 14.3 Å². The number of imide groups is 1. The summed E-state index contributed by atoms with van der Waals surface area (Å²) >= 11 is 2.20. The standard InChI is InChI=1S/C18H22INO3/c1-13(7-6-8-14(2)19)17(21)20-16(12-23-18(20)22)11-15-9-4-3-5-10-15/h3-5,9-10,13,16H,2,6-8,11-12H2,1H3/t13-,16-/m0/s1. The Balaban J connectivity index is 1.98. The van der Waals surface area contributed by atoms with Crippen molar-refractivity contribution in [2.75, 3.05) is 6.61 Å². The molecule has 0 saturated carbocycles. The molecule has 1 fully saturated rings. The number of allylic oxidation sites excluding steroid dienone is 1. The maximum atomic E-state index is 12.6. The number of hydrogen-bond acceptors (Lipinski definition) is 3. The minimum Gasteiger partial charge on any atom is -0.447 e. The maximum absolute atomic E-state index is 12.6. The number of rotatable bonds is 7. The minimum atomic E-state index is -0.513. The van der Waals surface area contributed by atoms with Crippen molar-refractivity contribution in [3.05, 3.63) is 46.1 Å². The summed E-state index contributed by atoms with van der Waals surface area (Å²) in [7, 11) is 0. The first-order valence-electron chi connectivity index (χ1n) is 7.86. The van der Waals surface area contributed by atoms with Crippen molar-refractivity contribution >= 4 is 34.6 Å². The zero-order valence-electron chi connectivity index (χ0n) is 13.3. The Labute approximate surface area is 151 Å². The number of hydrogen-bond donors (Lipinski definition) is 0. The zero-order chi connectivity index (χ0) is 16.8. The van der Waals surface area contributed by atoms with E-state index in [4.69, 9.17) is 4.74 Å². The molecule has 124 valence electrons. The summed E-state index contributed by atoms with van der Waals surface area (Å²) in [6.07, 6.45) is 2.68. The Morgan fingerprint density at radius 3 is 2.78 bits per heavy atom. The molecule has 4 nitrogen and oxygen atoms in total. The molecule has 5 heteroatoms. The molecule has 1 aromatic carbocycles. The van der Waals surface area contributed by atoms with E-state index in [-0.39, 0.29) is 24.5 Å². The SMILES string of the molecule is C=C(I)CCC[C@H](C)C(=O)N1C(=O)OC[C@@H]1Cc1ccccc1. The predicted molar refractivity (Wildman–Crippen MR) is 98.3 cm³/mol. The second-order valence-corrected chi connectivity index (χ2v) is 7.46. The highest BCUT2D eigenvalue weighted by molar-refractivity contribution is 14.1. The number of amides is 2. The van der Waals surface area contributed by atoms with E-state index in [1.807, 2.05) is 37.3 Å². The first-order valence-corrected chi connectivity index (χ1v) is 8.94. The van der Waals surface area contributed by atoms with Gasteiger partial charge >= 0.3 is 6.09 Å². The molecular weight excluding hydrogens is 405 g/mol. The van der Waals surface area contributed by atoms with Gasteiger partial charge in [0.25, 0.3) is 0 Å². The number of halogens is 1. The van der Waals surface area contributed by atoms with E-state index in [0.29, 0.717) is 6.42 Å². The van der Waals surface area contributed by atoms with Crippen molar-refractivity contribution in [1.82, 2.24) is 4.90 Å². The quantitative estimate of drug-likeness (QED) is 0.609. The summed E-state index contributed by atoms with van der Waals surface area (Å²) < 4.78 is 6.20. The van der Waals surface area contributed by atoms with E-state index in [1.165, 1.54) is 4.90 Å². The van der Waals surface area contributed by atoms with Gasteiger partial charge in [0.15, 0.2) is 0 Å². The van der Waals surface area contributed by atoms with Crippen LogP contribution in [-0.2, 0) is 16.0 Å². The molecule has 1 heterocycles. The van der Waals surface area contributed by atoms with Gasteiger partial charge in [0, 0.05) is 5.92 Å². The summed E-state index contributed by atoms with van der Waals surface area (Å²) in [4.78, 5) is 25.9. The molecule has 1 saturated heterocycles. The lowest BCUT2D eigenvalue weighted by atomic mass is 10.0. The van der Waals surface area contributed by atoms with Crippen LogP contribution in [0.3, 0.4) is 0 Å². The average molecular weight is 427 g/mol. The lowest BCUT2D eigenvalue weighted by Crippen LogP contribution is -2.43. The molecule has 0 aliphatic carbocycles. The highest BCUT2D eigenvalue weighted by Crippen LogP contribution is 2.23. The van der Waals surface area contributed by atoms with E-state index >= 15 is 0 Å². The Morgan fingerprint density at radius 1 is 1.43 bits per heavy atom. The minimum absolute atomic E-state index is 0.132. The molecule has 0 bridgehead atoms. The van der Waals surface area contributed by atoms with E-state index in [2.05, 4.69) is 29.2 Å². The van der Waals surface area contributed by atoms with Crippen LogP contribution in [0.1, 0.15) is 31.7 Å². The molecule has 0 N–H and O–H groups in total. The topological polar surface area (TPSA) is 46.6 Å². The molecule has 0 radical (unpaired) electrons. The smallest absolute Gasteiger partial charge is 0.416 e. The Kier molecular flexibility index (Phi) is 6.62. The third-order valence-electron chi connectivity index (χ3n) is 4.02. The van der Waals surface area contributed by atoms with Gasteiger partial charge in [-0.3, -0.25) is 4.79 Å². The summed E-state index contributed by atoms with van der Waals surface area (Å²) in [6, 6.07) is 9.66. The molecule has 2 rings (SSSR count). The first kappa shape index (κ1) is 18.0. The zero-order valence-corrected chi connectivity index (χ0v) is 15.5. The van der Waals surface area contributed by atoms with Crippen LogP contribution in [0.25, 0.3) is 0 Å². The van der Waals surface area contributed by atoms with Crippen molar-refractivity contribution in [3.8, 4) is 0 Å². The molecule has 23 heavy (non-hydrogen) atoms. The number of ether oxygens (including phenoxy) is 1. The summed E-state index contributed by atoms with van der Waals surface area (Å²) in [5, 5.41) is 0. The van der Waals surface area contributed by atoms with Crippen molar-refractivity contribution in [2.45, 2.75) is 38.6 Å². The van der Waals surface area contributed by atoms with Gasteiger partial charge in [-0.2, -0.15) is 0 Å². The molecule has 2 atom stereocenters. The fourth-order valence-corrected chi connectivity index (χ4v) is 3.11. The fourth-order valence-electron chi connectivity index (χ4n) is 2.73. The number of carbonyl (C=O) groups excluding carboxylic acids is 2. The molecule has 0 spiro atoms. The van der Waals surface area contributed by atoms with Crippen LogP contribution in [-0.4, -0.2) is 29.5 Å². The van der Waals surface area contributed by atoms with E-state index in [0.717, 1.165) is 28.4 Å². The third kappa shape index (κ3) is 5.06. The van der Waals surface area contributed by atoms with Crippen LogP contribution in [0.2, 0.25) is 0 Å². The van der Waals surface area contributed by atoms with Crippen LogP contribution in [0.4, 0.5) is 4.79 Å². The highest BCUT2D eigenvalue weighted by atomic mass is 127. The number of benzene rings is 1. The molecular formula is C18H22INO3. The lowest BCUT2D eigenvalue weighted by molar-refractivity contribution is -0.133. The van der Waals surface area contributed by atoms with Crippen LogP contribution in [0.15, 0.2) is 40.5 Å². The fraction of sp³-hybridized carbons (Fsp3) is 0.444. The highest BCUT2D eigenvalue weighted by Gasteiger charge is 2.39. The lowest BCUT2D eigenvalue weighted by Gasteiger charge is -2.23. The average Bonchev–Trinajstić information content (AvgIpc) is 2.87. The number of nitrogens with zero attached hydrogens (tertiary/aromatic N) is 1. The summed E-state index contributed by atoms with van der Waals surface area (Å²) in [6.45, 7) is 6.02. The Bertz CT molecular complexity index is 573. The second-order valence-electron chi connectivity index (χ2n) is 5.94. The van der Waals surface area contributed by atoms with Crippen LogP contribution in [0, 0.1) is 5.92 Å². The van der Waals surface area contributed by atoms with Crippen molar-refractivity contribution in [1.29, 1.82) is 0 Å². The van der Waals surface area contributed by atoms with Crippen molar-refractivity contribution in [2.24, 2.45) is 5.92 Å². The monoisotopic (exact) mass is 427 g/mol. The molecule has 1 aromatic rings. The summed E-state index contributed by atoms with van der Waals surface area (Å²) in [5.74, 6) is -0.317. The number of cyclic esters (lactones) is 1. The van der Waals surface area contributed by atoms with E-state index in [9.17, 15) is 9.59 Å². The van der Waals surface area contributed by atoms with Gasteiger partial charge in [-0.25, -0.2) is 9.69 Å². The van der Waals surface area contributed by atoms with Crippen LogP contribution in [0.5, 0.6) is 0 Å². The van der Waals surface area contributed by atoms with Gasteiger partial charge in [-0.15, -0.1) is 0 Å². The maximum Gasteiger partial charge on any atom is 0.416 e. The molecule has 1 aliphatic heterocycles. The molecule has 1 aliphatic rings. The molecule has 0 unspecified atom stereocenters. The van der Waals surface area contributed by atoms with Gasteiger partial charge in [-0.1, -0.05) is 43.8 Å². The van der Waals surface area contributed by atoms with Gasteiger partial charge in [-0.05, 0) is 57.4 Å². The summed E-state index contributed by atoms with van der Waals surface area (Å²) in [5.41, 5.74) is 1.10. The molecule has 2 amide bonds. The van der Waals surface area contributed by atoms with Gasteiger partial charge in [0.2, 0.25) is 5.91 Å². The van der Waals surface area contributed by atoms with E-state index in [1.54, 1.807) is 0 Å². The Hall–Kier alpha value is -1.37. The normalized spacial score (nSPS) is 18.6. The van der Waals surface area contributed by atoms with Gasteiger partial charge in [0.05, 0.1) is 6.04 Å². The number of carbonyl (C=O) groups is 2. The predicted octanol–water partition coefficient (Wildman–Crippen LogP) is 4.33. The second kappa shape index (κ2) is 8.47. The van der Waals surface area contributed by atoms with Gasteiger partial charge < -0.3 is 4.74 Å². The van der Waals surface area contributed by atoms with E-state index < -0.39 is 6.09 Å². The van der Waals surface area contributed by atoms with Crippen LogP contribution < -0.4 is 0 Å². The first-order chi connectivity index (χ1) is 11.0.